The zero-order valence-electron chi connectivity index (χ0n) is 13.8. The quantitative estimate of drug-likeness (QED) is 0.538. The lowest BCUT2D eigenvalue weighted by molar-refractivity contribution is -0.107. The number of amides is 1. The van der Waals surface area contributed by atoms with Gasteiger partial charge in [0.1, 0.15) is 5.65 Å². The molecule has 24 heavy (non-hydrogen) atoms. The number of aromatic nitrogens is 2. The van der Waals surface area contributed by atoms with Crippen molar-refractivity contribution in [3.63, 3.8) is 0 Å². The molecule has 0 saturated heterocycles. The SMILES string of the molecule is CC(=O)c1ccc2c(c1)N(C=O)CC2.Cc1cnc2ccccn12. The summed E-state index contributed by atoms with van der Waals surface area (Å²) in [5, 5.41) is 0. The van der Waals surface area contributed by atoms with Gasteiger partial charge in [-0.05, 0) is 44.0 Å². The van der Waals surface area contributed by atoms with Gasteiger partial charge in [0, 0.05) is 35.9 Å². The van der Waals surface area contributed by atoms with Crippen LogP contribution in [0.4, 0.5) is 5.69 Å². The maximum Gasteiger partial charge on any atom is 0.214 e. The second-order valence-corrected chi connectivity index (χ2v) is 5.78. The molecule has 3 heterocycles. The molecule has 0 spiro atoms. The Labute approximate surface area is 140 Å². The molecule has 0 atom stereocenters. The van der Waals surface area contributed by atoms with Crippen LogP contribution in [0.2, 0.25) is 0 Å². The lowest BCUT2D eigenvalue weighted by Crippen LogP contribution is -2.17. The number of pyridine rings is 1. The standard InChI is InChI=1S/C11H11NO2.C8H8N2/c1-8(14)10-3-2-9-4-5-12(7-13)11(9)6-10;1-7-6-9-8-4-2-3-5-10(7)8/h2-3,6-7H,4-5H2,1H3;2-6H,1H3. The first kappa shape index (κ1) is 15.9. The fraction of sp³-hybridized carbons (Fsp3) is 0.211. The molecule has 0 bridgehead atoms. The van der Waals surface area contributed by atoms with Gasteiger partial charge in [-0.2, -0.15) is 0 Å². The van der Waals surface area contributed by atoms with E-state index < -0.39 is 0 Å². The van der Waals surface area contributed by atoms with Crippen molar-refractivity contribution in [2.24, 2.45) is 0 Å². The number of rotatable bonds is 2. The summed E-state index contributed by atoms with van der Waals surface area (Å²) in [6, 6.07) is 11.5. The normalized spacial score (nSPS) is 12.5. The smallest absolute Gasteiger partial charge is 0.214 e. The van der Waals surface area contributed by atoms with Gasteiger partial charge in [-0.1, -0.05) is 18.2 Å². The van der Waals surface area contributed by atoms with Gasteiger partial charge in [0.25, 0.3) is 0 Å². The summed E-state index contributed by atoms with van der Waals surface area (Å²) >= 11 is 0. The molecule has 0 fully saturated rings. The zero-order chi connectivity index (χ0) is 17.1. The molecule has 4 rings (SSSR count). The zero-order valence-corrected chi connectivity index (χ0v) is 13.8. The third-order valence-electron chi connectivity index (χ3n) is 4.15. The van der Waals surface area contributed by atoms with Crippen LogP contribution in [-0.4, -0.2) is 28.1 Å². The van der Waals surface area contributed by atoms with Crippen LogP contribution in [0, 0.1) is 6.92 Å². The summed E-state index contributed by atoms with van der Waals surface area (Å²) in [7, 11) is 0. The van der Waals surface area contributed by atoms with Crippen molar-refractivity contribution in [2.75, 3.05) is 11.4 Å². The Morgan fingerprint density at radius 2 is 2.08 bits per heavy atom. The van der Waals surface area contributed by atoms with Crippen LogP contribution < -0.4 is 4.90 Å². The fourth-order valence-electron chi connectivity index (χ4n) is 2.79. The summed E-state index contributed by atoms with van der Waals surface area (Å²) < 4.78 is 2.06. The lowest BCUT2D eigenvalue weighted by Gasteiger charge is -2.10. The monoisotopic (exact) mass is 321 g/mol. The Kier molecular flexibility index (Phi) is 4.42. The second kappa shape index (κ2) is 6.66. The lowest BCUT2D eigenvalue weighted by atomic mass is 10.1. The highest BCUT2D eigenvalue weighted by molar-refractivity contribution is 5.96. The average molecular weight is 321 g/mol. The van der Waals surface area contributed by atoms with E-state index in [1.54, 1.807) is 11.0 Å². The number of nitrogens with zero attached hydrogens (tertiary/aromatic N) is 3. The number of hydrogen-bond acceptors (Lipinski definition) is 3. The predicted octanol–water partition coefficient (Wildman–Crippen LogP) is 3.05. The van der Waals surface area contributed by atoms with Crippen molar-refractivity contribution in [1.82, 2.24) is 9.38 Å². The molecular formula is C19H19N3O2. The van der Waals surface area contributed by atoms with Crippen LogP contribution in [-0.2, 0) is 11.2 Å². The van der Waals surface area contributed by atoms with Crippen molar-refractivity contribution in [3.8, 4) is 0 Å². The molecule has 3 aromatic rings. The van der Waals surface area contributed by atoms with Crippen molar-refractivity contribution >= 4 is 23.5 Å². The summed E-state index contributed by atoms with van der Waals surface area (Å²) in [5.74, 6) is 0.0329. The summed E-state index contributed by atoms with van der Waals surface area (Å²) in [6.07, 6.45) is 5.58. The maximum atomic E-state index is 11.1. The number of imidazole rings is 1. The minimum atomic E-state index is 0.0329. The second-order valence-electron chi connectivity index (χ2n) is 5.78. The van der Waals surface area contributed by atoms with Gasteiger partial charge in [0.2, 0.25) is 6.41 Å². The topological polar surface area (TPSA) is 54.7 Å². The van der Waals surface area contributed by atoms with E-state index in [0.717, 1.165) is 36.3 Å². The van der Waals surface area contributed by atoms with Crippen molar-refractivity contribution in [2.45, 2.75) is 20.3 Å². The van der Waals surface area contributed by atoms with E-state index in [2.05, 4.69) is 9.38 Å². The highest BCUT2D eigenvalue weighted by atomic mass is 16.1. The van der Waals surface area contributed by atoms with Crippen LogP contribution in [0.25, 0.3) is 5.65 Å². The molecule has 2 aromatic heterocycles. The minimum Gasteiger partial charge on any atom is -0.314 e. The highest BCUT2D eigenvalue weighted by Crippen LogP contribution is 2.27. The molecule has 0 N–H and O–H groups in total. The maximum absolute atomic E-state index is 11.1. The Bertz CT molecular complexity index is 899. The molecule has 1 aromatic carbocycles. The van der Waals surface area contributed by atoms with Crippen molar-refractivity contribution < 1.29 is 9.59 Å². The molecule has 5 heteroatoms. The Morgan fingerprint density at radius 3 is 2.79 bits per heavy atom. The first-order valence-corrected chi connectivity index (χ1v) is 7.84. The summed E-state index contributed by atoms with van der Waals surface area (Å²) in [4.78, 5) is 27.6. The molecule has 1 aliphatic heterocycles. The van der Waals surface area contributed by atoms with Crippen LogP contribution in [0.5, 0.6) is 0 Å². The highest BCUT2D eigenvalue weighted by Gasteiger charge is 2.18. The fourth-order valence-corrected chi connectivity index (χ4v) is 2.79. The third-order valence-corrected chi connectivity index (χ3v) is 4.15. The molecule has 0 aliphatic carbocycles. The summed E-state index contributed by atoms with van der Waals surface area (Å²) in [6.45, 7) is 4.29. The van der Waals surface area contributed by atoms with Gasteiger partial charge in [-0.25, -0.2) is 4.98 Å². The number of carbonyl (C=O) groups excluding carboxylic acids is 2. The van der Waals surface area contributed by atoms with Gasteiger partial charge < -0.3 is 9.30 Å². The summed E-state index contributed by atoms with van der Waals surface area (Å²) in [5.41, 5.74) is 4.88. The first-order valence-electron chi connectivity index (χ1n) is 7.84. The van der Waals surface area contributed by atoms with E-state index in [9.17, 15) is 9.59 Å². The molecule has 1 aliphatic rings. The van der Waals surface area contributed by atoms with Gasteiger partial charge >= 0.3 is 0 Å². The Morgan fingerprint density at radius 1 is 1.25 bits per heavy atom. The van der Waals surface area contributed by atoms with Gasteiger partial charge in [-0.3, -0.25) is 9.59 Å². The average Bonchev–Trinajstić information content (AvgIpc) is 3.19. The Balaban J connectivity index is 0.000000149. The number of anilines is 1. The number of aryl methyl sites for hydroxylation is 1. The van der Waals surface area contributed by atoms with E-state index in [1.165, 1.54) is 12.6 Å². The van der Waals surface area contributed by atoms with Gasteiger partial charge in [-0.15, -0.1) is 0 Å². The Hall–Kier alpha value is -2.95. The molecular weight excluding hydrogens is 302 g/mol. The van der Waals surface area contributed by atoms with Gasteiger partial charge in [0.15, 0.2) is 5.78 Å². The molecule has 122 valence electrons. The number of ketones is 1. The van der Waals surface area contributed by atoms with Crippen molar-refractivity contribution in [3.05, 3.63) is 65.6 Å². The predicted molar refractivity (Wildman–Crippen MR) is 93.5 cm³/mol. The van der Waals surface area contributed by atoms with E-state index >= 15 is 0 Å². The molecule has 5 nitrogen and oxygen atoms in total. The molecule has 1 amide bonds. The van der Waals surface area contributed by atoms with E-state index in [4.69, 9.17) is 0 Å². The van der Waals surface area contributed by atoms with Gasteiger partial charge in [0.05, 0.1) is 0 Å². The van der Waals surface area contributed by atoms with Crippen LogP contribution in [0.3, 0.4) is 0 Å². The van der Waals surface area contributed by atoms with E-state index in [1.807, 2.05) is 49.6 Å². The third kappa shape index (κ3) is 3.06. The number of carbonyl (C=O) groups is 2. The molecule has 0 saturated carbocycles. The number of fused-ring (bicyclic) bond motifs is 2. The molecule has 0 radical (unpaired) electrons. The number of hydrogen-bond donors (Lipinski definition) is 0. The minimum absolute atomic E-state index is 0.0329. The van der Waals surface area contributed by atoms with E-state index in [-0.39, 0.29) is 5.78 Å². The first-order chi connectivity index (χ1) is 11.6. The van der Waals surface area contributed by atoms with Crippen LogP contribution in [0.1, 0.15) is 28.5 Å². The molecule has 0 unspecified atom stereocenters. The van der Waals surface area contributed by atoms with Crippen molar-refractivity contribution in [1.29, 1.82) is 0 Å². The number of Topliss-reactive ketones (excluding diaryl/α,β-unsaturated/α-hetero) is 1. The van der Waals surface area contributed by atoms with E-state index in [0.29, 0.717) is 5.56 Å². The number of benzene rings is 1. The van der Waals surface area contributed by atoms with Crippen LogP contribution >= 0.6 is 0 Å². The largest absolute Gasteiger partial charge is 0.314 e. The van der Waals surface area contributed by atoms with Crippen LogP contribution in [0.15, 0.2) is 48.8 Å².